The van der Waals surface area contributed by atoms with Gasteiger partial charge in [-0.05, 0) is 98.3 Å². The minimum Gasteiger partial charge on any atom is -0.346 e. The molecule has 0 radical (unpaired) electrons. The van der Waals surface area contributed by atoms with Gasteiger partial charge in [-0.25, -0.2) is 14.4 Å². The molecule has 6 nitrogen and oxygen atoms in total. The molecule has 1 N–H and O–H groups in total. The van der Waals surface area contributed by atoms with Crippen molar-refractivity contribution in [3.05, 3.63) is 88.9 Å². The molecule has 0 saturated carbocycles. The predicted octanol–water partition coefficient (Wildman–Crippen LogP) is 5.91. The molecule has 0 bridgehead atoms. The van der Waals surface area contributed by atoms with Crippen LogP contribution in [0.15, 0.2) is 55.1 Å². The summed E-state index contributed by atoms with van der Waals surface area (Å²) in [5, 5.41) is 10.3. The summed E-state index contributed by atoms with van der Waals surface area (Å²) in [6, 6.07) is 13.3. The van der Waals surface area contributed by atoms with Crippen LogP contribution in [0.5, 0.6) is 0 Å². The Morgan fingerprint density at radius 2 is 1.97 bits per heavy atom. The fourth-order valence-electron chi connectivity index (χ4n) is 5.65. The zero-order chi connectivity index (χ0) is 24.8. The Labute approximate surface area is 209 Å². The van der Waals surface area contributed by atoms with Gasteiger partial charge in [0, 0.05) is 29.3 Å². The van der Waals surface area contributed by atoms with Crippen LogP contribution in [-0.2, 0) is 6.54 Å². The molecule has 0 spiro atoms. The number of aromatic nitrogens is 4. The number of nitrogens with one attached hydrogen (secondary N) is 1. The second-order valence-corrected chi connectivity index (χ2v) is 9.80. The van der Waals surface area contributed by atoms with Crippen LogP contribution in [0.3, 0.4) is 0 Å². The van der Waals surface area contributed by atoms with Crippen molar-refractivity contribution in [3.8, 4) is 11.8 Å². The van der Waals surface area contributed by atoms with E-state index in [0.29, 0.717) is 11.6 Å². The van der Waals surface area contributed by atoms with Gasteiger partial charge in [-0.1, -0.05) is 6.07 Å². The molecule has 0 atom stereocenters. The number of fused-ring (bicyclic) bond motifs is 2. The van der Waals surface area contributed by atoms with E-state index in [1.165, 1.54) is 22.8 Å². The third-order valence-electron chi connectivity index (χ3n) is 7.64. The maximum absolute atomic E-state index is 13.7. The summed E-state index contributed by atoms with van der Waals surface area (Å²) in [7, 11) is 0. The Morgan fingerprint density at radius 3 is 2.75 bits per heavy atom. The predicted molar refractivity (Wildman–Crippen MR) is 139 cm³/mol. The summed E-state index contributed by atoms with van der Waals surface area (Å²) in [6.07, 6.45) is 7.74. The standard InChI is InChI=1S/C29H27FN6/c1-18-11-22(30)4-6-27(18)36-16-25(29-28(36)14-32-17-33-29)20-7-9-35(10-8-20)15-21-3-5-26-24(19(21)2)12-23(13-31)34-26/h3-6,11-12,14,16-17,20,34H,7-10,15H2,1-2H3. The van der Waals surface area contributed by atoms with Crippen molar-refractivity contribution in [1.82, 2.24) is 24.4 Å². The number of nitrogens with zero attached hydrogens (tertiary/aromatic N) is 5. The summed E-state index contributed by atoms with van der Waals surface area (Å²) in [5.41, 5.74) is 9.17. The summed E-state index contributed by atoms with van der Waals surface area (Å²) in [5.74, 6) is 0.181. The van der Waals surface area contributed by atoms with Crippen molar-refractivity contribution in [2.45, 2.75) is 39.2 Å². The fourth-order valence-corrected chi connectivity index (χ4v) is 5.65. The number of aromatic amines is 1. The van der Waals surface area contributed by atoms with E-state index >= 15 is 0 Å². The molecule has 5 aromatic rings. The molecule has 1 aliphatic heterocycles. The minimum atomic E-state index is -0.229. The molecule has 0 unspecified atom stereocenters. The van der Waals surface area contributed by atoms with E-state index in [1.807, 2.05) is 25.3 Å². The van der Waals surface area contributed by atoms with Crippen molar-refractivity contribution >= 4 is 21.9 Å². The van der Waals surface area contributed by atoms with Gasteiger partial charge >= 0.3 is 0 Å². The van der Waals surface area contributed by atoms with Gasteiger partial charge in [-0.3, -0.25) is 4.90 Å². The molecule has 2 aromatic carbocycles. The van der Waals surface area contributed by atoms with Gasteiger partial charge in [0.25, 0.3) is 0 Å². The second kappa shape index (κ2) is 8.89. The highest BCUT2D eigenvalue weighted by molar-refractivity contribution is 5.85. The smallest absolute Gasteiger partial charge is 0.123 e. The zero-order valence-electron chi connectivity index (χ0n) is 20.4. The van der Waals surface area contributed by atoms with E-state index < -0.39 is 0 Å². The second-order valence-electron chi connectivity index (χ2n) is 9.80. The molecule has 1 fully saturated rings. The molecule has 0 aliphatic carbocycles. The van der Waals surface area contributed by atoms with Crippen LogP contribution in [0.25, 0.3) is 27.6 Å². The van der Waals surface area contributed by atoms with E-state index in [1.54, 1.807) is 12.4 Å². The highest BCUT2D eigenvalue weighted by Crippen LogP contribution is 2.36. The number of likely N-dealkylation sites (tertiary alicyclic amines) is 1. The number of aryl methyl sites for hydroxylation is 2. The first-order chi connectivity index (χ1) is 17.5. The molecular weight excluding hydrogens is 451 g/mol. The molecule has 1 aliphatic rings. The number of piperidine rings is 1. The topological polar surface area (TPSA) is 73.5 Å². The van der Waals surface area contributed by atoms with E-state index in [-0.39, 0.29) is 5.82 Å². The molecular formula is C29H27FN6. The SMILES string of the molecule is Cc1cc(F)ccc1-n1cc(C2CCN(Cc3ccc4[nH]c(C#N)cc4c3C)CC2)c2ncncc21. The van der Waals surface area contributed by atoms with Crippen LogP contribution < -0.4 is 0 Å². The lowest BCUT2D eigenvalue weighted by Crippen LogP contribution is -2.32. The maximum Gasteiger partial charge on any atom is 0.123 e. The molecule has 3 aromatic heterocycles. The van der Waals surface area contributed by atoms with E-state index in [4.69, 9.17) is 0 Å². The van der Waals surface area contributed by atoms with E-state index in [2.05, 4.69) is 55.7 Å². The highest BCUT2D eigenvalue weighted by Gasteiger charge is 2.25. The van der Waals surface area contributed by atoms with Gasteiger partial charge in [-0.15, -0.1) is 0 Å². The van der Waals surface area contributed by atoms with Crippen molar-refractivity contribution in [2.24, 2.45) is 0 Å². The molecule has 7 heteroatoms. The molecule has 6 rings (SSSR count). The first-order valence-electron chi connectivity index (χ1n) is 12.3. The van der Waals surface area contributed by atoms with Crippen LogP contribution in [0, 0.1) is 31.0 Å². The largest absolute Gasteiger partial charge is 0.346 e. The Kier molecular flexibility index (Phi) is 5.54. The van der Waals surface area contributed by atoms with Gasteiger partial charge in [0.15, 0.2) is 0 Å². The average molecular weight is 479 g/mol. The third-order valence-corrected chi connectivity index (χ3v) is 7.64. The number of nitriles is 1. The first kappa shape index (κ1) is 22.4. The lowest BCUT2D eigenvalue weighted by molar-refractivity contribution is 0.205. The minimum absolute atomic E-state index is 0.229. The Balaban J connectivity index is 1.23. The number of rotatable bonds is 4. The zero-order valence-corrected chi connectivity index (χ0v) is 20.4. The maximum atomic E-state index is 13.7. The lowest BCUT2D eigenvalue weighted by Gasteiger charge is -2.32. The van der Waals surface area contributed by atoms with Crippen molar-refractivity contribution < 1.29 is 4.39 Å². The van der Waals surface area contributed by atoms with Crippen molar-refractivity contribution in [2.75, 3.05) is 13.1 Å². The van der Waals surface area contributed by atoms with Crippen molar-refractivity contribution in [3.63, 3.8) is 0 Å². The number of hydrogen-bond donors (Lipinski definition) is 1. The molecule has 1 saturated heterocycles. The summed E-state index contributed by atoms with van der Waals surface area (Å²) in [6.45, 7) is 6.99. The van der Waals surface area contributed by atoms with Crippen LogP contribution in [0.4, 0.5) is 4.39 Å². The molecule has 36 heavy (non-hydrogen) atoms. The van der Waals surface area contributed by atoms with Crippen LogP contribution in [0.2, 0.25) is 0 Å². The molecule has 180 valence electrons. The van der Waals surface area contributed by atoms with Gasteiger partial charge in [0.05, 0.1) is 17.2 Å². The fraction of sp³-hybridized carbons (Fsp3) is 0.276. The monoisotopic (exact) mass is 478 g/mol. The lowest BCUT2D eigenvalue weighted by atomic mass is 9.90. The normalized spacial score (nSPS) is 15.1. The molecule has 4 heterocycles. The number of halogens is 1. The average Bonchev–Trinajstić information content (AvgIpc) is 3.49. The van der Waals surface area contributed by atoms with Gasteiger partial charge in [0.2, 0.25) is 0 Å². The third kappa shape index (κ3) is 3.84. The van der Waals surface area contributed by atoms with E-state index in [0.717, 1.165) is 65.7 Å². The number of hydrogen-bond acceptors (Lipinski definition) is 4. The number of H-pyrrole nitrogens is 1. The van der Waals surface area contributed by atoms with Gasteiger partial charge in [0.1, 0.15) is 23.9 Å². The first-order valence-corrected chi connectivity index (χ1v) is 12.3. The van der Waals surface area contributed by atoms with Gasteiger partial charge < -0.3 is 9.55 Å². The Morgan fingerprint density at radius 1 is 1.14 bits per heavy atom. The Hall–Kier alpha value is -4.02. The number of benzene rings is 2. The quantitative estimate of drug-likeness (QED) is 0.349. The summed E-state index contributed by atoms with van der Waals surface area (Å²) >= 11 is 0. The highest BCUT2D eigenvalue weighted by atomic mass is 19.1. The summed E-state index contributed by atoms with van der Waals surface area (Å²) < 4.78 is 15.8. The summed E-state index contributed by atoms with van der Waals surface area (Å²) in [4.78, 5) is 14.6. The van der Waals surface area contributed by atoms with E-state index in [9.17, 15) is 9.65 Å². The Bertz CT molecular complexity index is 1630. The molecule has 0 amide bonds. The van der Waals surface area contributed by atoms with Gasteiger partial charge in [-0.2, -0.15) is 5.26 Å². The van der Waals surface area contributed by atoms with Crippen LogP contribution in [0.1, 0.15) is 46.7 Å². The van der Waals surface area contributed by atoms with Crippen molar-refractivity contribution in [1.29, 1.82) is 5.26 Å². The van der Waals surface area contributed by atoms with Crippen LogP contribution >= 0.6 is 0 Å². The van der Waals surface area contributed by atoms with Crippen LogP contribution in [-0.4, -0.2) is 37.5 Å².